The van der Waals surface area contributed by atoms with E-state index in [0.717, 1.165) is 31.1 Å². The lowest BCUT2D eigenvalue weighted by molar-refractivity contribution is 0.130. The molecule has 2 heterocycles. The van der Waals surface area contributed by atoms with Gasteiger partial charge in [-0.15, -0.1) is 0 Å². The van der Waals surface area contributed by atoms with E-state index in [1.165, 1.54) is 5.56 Å². The minimum absolute atomic E-state index is 0.0939. The summed E-state index contributed by atoms with van der Waals surface area (Å²) < 4.78 is 21.6. The number of para-hydroxylation sites is 2. The number of benzene rings is 2. The molecule has 2 aliphatic rings. The summed E-state index contributed by atoms with van der Waals surface area (Å²) in [5.74, 6) is 2.84. The second-order valence-electron chi connectivity index (χ2n) is 6.87. The van der Waals surface area contributed by atoms with Crippen LogP contribution in [0.4, 0.5) is 4.79 Å². The van der Waals surface area contributed by atoms with Gasteiger partial charge in [-0.1, -0.05) is 18.2 Å². The van der Waals surface area contributed by atoms with Crippen LogP contribution in [-0.4, -0.2) is 62.6 Å². The largest absolute Gasteiger partial charge is 0.493 e. The van der Waals surface area contributed by atoms with Crippen LogP contribution in [0.15, 0.2) is 42.5 Å². The number of urea groups is 1. The van der Waals surface area contributed by atoms with Gasteiger partial charge in [-0.3, -0.25) is 4.90 Å². The number of nitrogens with one attached hydrogen (secondary N) is 1. The smallest absolute Gasteiger partial charge is 0.320 e. The summed E-state index contributed by atoms with van der Waals surface area (Å²) in [6.07, 6.45) is 0. The molecule has 4 rings (SSSR count). The maximum absolute atomic E-state index is 12.4. The van der Waals surface area contributed by atoms with Crippen LogP contribution in [-0.2, 0) is 6.54 Å². The SMILES string of the molecule is COc1ccccc1OCNC(=O)N1CCN(Cc2ccc3c(c2)OCO3)CC1. The fourth-order valence-electron chi connectivity index (χ4n) is 3.43. The standard InChI is InChI=1S/C21H25N3O5/c1-26-17-4-2-3-5-18(17)27-14-22-21(25)24-10-8-23(9-11-24)13-16-6-7-19-20(12-16)29-15-28-19/h2-7,12H,8-11,13-15H2,1H3,(H,22,25). The van der Waals surface area contributed by atoms with Crippen molar-refractivity contribution in [3.8, 4) is 23.0 Å². The van der Waals surface area contributed by atoms with E-state index in [0.29, 0.717) is 24.6 Å². The lowest BCUT2D eigenvalue weighted by atomic mass is 10.1. The lowest BCUT2D eigenvalue weighted by Gasteiger charge is -2.34. The molecular formula is C21H25N3O5. The molecule has 2 aromatic carbocycles. The van der Waals surface area contributed by atoms with Crippen LogP contribution in [0.5, 0.6) is 23.0 Å². The van der Waals surface area contributed by atoms with Gasteiger partial charge in [0, 0.05) is 32.7 Å². The van der Waals surface area contributed by atoms with E-state index in [4.69, 9.17) is 18.9 Å². The Hall–Kier alpha value is -3.13. The molecule has 0 aromatic heterocycles. The Balaban J connectivity index is 1.20. The Labute approximate surface area is 169 Å². The normalized spacial score (nSPS) is 15.8. The van der Waals surface area contributed by atoms with Crippen LogP contribution in [0, 0.1) is 0 Å². The Morgan fingerprint density at radius 2 is 1.79 bits per heavy atom. The van der Waals surface area contributed by atoms with Gasteiger partial charge in [-0.05, 0) is 29.8 Å². The highest BCUT2D eigenvalue weighted by molar-refractivity contribution is 5.74. The summed E-state index contributed by atoms with van der Waals surface area (Å²) in [5.41, 5.74) is 1.18. The molecule has 8 heteroatoms. The number of methoxy groups -OCH3 is 1. The van der Waals surface area contributed by atoms with Gasteiger partial charge in [0.05, 0.1) is 7.11 Å². The van der Waals surface area contributed by atoms with E-state index >= 15 is 0 Å². The molecule has 8 nitrogen and oxygen atoms in total. The summed E-state index contributed by atoms with van der Waals surface area (Å²) in [4.78, 5) is 16.5. The second kappa shape index (κ2) is 8.91. The zero-order valence-electron chi connectivity index (χ0n) is 16.4. The van der Waals surface area contributed by atoms with Crippen LogP contribution in [0.25, 0.3) is 0 Å². The number of piperazine rings is 1. The van der Waals surface area contributed by atoms with Gasteiger partial charge in [-0.25, -0.2) is 4.79 Å². The molecule has 1 fully saturated rings. The van der Waals surface area contributed by atoms with Gasteiger partial charge in [0.15, 0.2) is 29.7 Å². The number of carbonyl (C=O) groups excluding carboxylic acids is 1. The van der Waals surface area contributed by atoms with Crippen molar-refractivity contribution in [2.75, 3.05) is 46.8 Å². The third kappa shape index (κ3) is 4.65. The van der Waals surface area contributed by atoms with Crippen LogP contribution in [0.3, 0.4) is 0 Å². The van der Waals surface area contributed by atoms with E-state index in [1.54, 1.807) is 13.2 Å². The first-order valence-corrected chi connectivity index (χ1v) is 9.62. The number of ether oxygens (including phenoxy) is 4. The predicted octanol–water partition coefficient (Wildman–Crippen LogP) is 2.29. The molecule has 0 bridgehead atoms. The molecule has 0 unspecified atom stereocenters. The third-order valence-electron chi connectivity index (χ3n) is 5.02. The minimum atomic E-state index is -0.123. The van der Waals surface area contributed by atoms with Gasteiger partial charge in [0.25, 0.3) is 0 Å². The molecule has 29 heavy (non-hydrogen) atoms. The van der Waals surface area contributed by atoms with Crippen molar-refractivity contribution in [2.24, 2.45) is 0 Å². The highest BCUT2D eigenvalue weighted by Gasteiger charge is 2.22. The van der Waals surface area contributed by atoms with Crippen molar-refractivity contribution in [3.63, 3.8) is 0 Å². The maximum atomic E-state index is 12.4. The van der Waals surface area contributed by atoms with Gasteiger partial charge in [0.2, 0.25) is 6.79 Å². The summed E-state index contributed by atoms with van der Waals surface area (Å²) in [7, 11) is 1.59. The van der Waals surface area contributed by atoms with Crippen molar-refractivity contribution in [3.05, 3.63) is 48.0 Å². The summed E-state index contributed by atoms with van der Waals surface area (Å²) in [6, 6.07) is 13.3. The van der Waals surface area contributed by atoms with E-state index in [1.807, 2.05) is 35.2 Å². The van der Waals surface area contributed by atoms with Gasteiger partial charge in [0.1, 0.15) is 0 Å². The molecule has 154 valence electrons. The zero-order chi connectivity index (χ0) is 20.1. The van der Waals surface area contributed by atoms with Crippen molar-refractivity contribution in [1.82, 2.24) is 15.1 Å². The highest BCUT2D eigenvalue weighted by Crippen LogP contribution is 2.32. The number of fused-ring (bicyclic) bond motifs is 1. The molecule has 2 aliphatic heterocycles. The number of hydrogen-bond acceptors (Lipinski definition) is 6. The van der Waals surface area contributed by atoms with Crippen LogP contribution in [0.1, 0.15) is 5.56 Å². The maximum Gasteiger partial charge on any atom is 0.320 e. The topological polar surface area (TPSA) is 72.5 Å². The molecule has 2 aromatic rings. The molecule has 0 aliphatic carbocycles. The number of amides is 2. The molecule has 0 spiro atoms. The van der Waals surface area contributed by atoms with Crippen molar-refractivity contribution in [1.29, 1.82) is 0 Å². The van der Waals surface area contributed by atoms with E-state index in [9.17, 15) is 4.79 Å². The second-order valence-corrected chi connectivity index (χ2v) is 6.87. The zero-order valence-corrected chi connectivity index (χ0v) is 16.4. The molecular weight excluding hydrogens is 374 g/mol. The first-order chi connectivity index (χ1) is 14.2. The van der Waals surface area contributed by atoms with Crippen LogP contribution < -0.4 is 24.3 Å². The Morgan fingerprint density at radius 1 is 1.03 bits per heavy atom. The van der Waals surface area contributed by atoms with Crippen LogP contribution in [0.2, 0.25) is 0 Å². The minimum Gasteiger partial charge on any atom is -0.493 e. The molecule has 2 amide bonds. The van der Waals surface area contributed by atoms with Gasteiger partial charge >= 0.3 is 6.03 Å². The van der Waals surface area contributed by atoms with Gasteiger partial charge in [-0.2, -0.15) is 0 Å². The van der Waals surface area contributed by atoms with E-state index in [2.05, 4.69) is 16.3 Å². The van der Waals surface area contributed by atoms with Gasteiger partial charge < -0.3 is 29.2 Å². The highest BCUT2D eigenvalue weighted by atomic mass is 16.7. The predicted molar refractivity (Wildman–Crippen MR) is 106 cm³/mol. The first-order valence-electron chi connectivity index (χ1n) is 9.62. The quantitative estimate of drug-likeness (QED) is 0.752. The van der Waals surface area contributed by atoms with Crippen molar-refractivity contribution < 1.29 is 23.7 Å². The Kier molecular flexibility index (Phi) is 5.90. The number of rotatable bonds is 6. The average Bonchev–Trinajstić information content (AvgIpc) is 3.22. The molecule has 0 atom stereocenters. The van der Waals surface area contributed by atoms with E-state index in [-0.39, 0.29) is 19.6 Å². The lowest BCUT2D eigenvalue weighted by Crippen LogP contribution is -2.51. The summed E-state index contributed by atoms with van der Waals surface area (Å²) in [5, 5.41) is 2.81. The average molecular weight is 399 g/mol. The van der Waals surface area contributed by atoms with Crippen molar-refractivity contribution >= 4 is 6.03 Å². The van der Waals surface area contributed by atoms with Crippen LogP contribution >= 0.6 is 0 Å². The summed E-state index contributed by atoms with van der Waals surface area (Å²) >= 11 is 0. The third-order valence-corrected chi connectivity index (χ3v) is 5.02. The summed E-state index contributed by atoms with van der Waals surface area (Å²) in [6.45, 7) is 4.17. The fraction of sp³-hybridized carbons (Fsp3) is 0.381. The van der Waals surface area contributed by atoms with E-state index < -0.39 is 0 Å². The number of hydrogen-bond donors (Lipinski definition) is 1. The molecule has 0 saturated carbocycles. The number of carbonyl (C=O) groups is 1. The first kappa shape index (κ1) is 19.2. The monoisotopic (exact) mass is 399 g/mol. The molecule has 1 N–H and O–H groups in total. The Bertz CT molecular complexity index is 852. The molecule has 1 saturated heterocycles. The molecule has 0 radical (unpaired) electrons. The Morgan fingerprint density at radius 3 is 2.59 bits per heavy atom. The fourth-order valence-corrected chi connectivity index (χ4v) is 3.43. The van der Waals surface area contributed by atoms with Crippen molar-refractivity contribution in [2.45, 2.75) is 6.54 Å². The number of nitrogens with zero attached hydrogens (tertiary/aromatic N) is 2.